The van der Waals surface area contributed by atoms with Crippen molar-refractivity contribution < 1.29 is 4.79 Å². The third-order valence-electron chi connectivity index (χ3n) is 2.82. The zero-order valence-electron chi connectivity index (χ0n) is 11.2. The Kier molecular flexibility index (Phi) is 5.01. The fourth-order valence-electron chi connectivity index (χ4n) is 1.62. The van der Waals surface area contributed by atoms with Gasteiger partial charge in [-0.3, -0.25) is 4.79 Å². The van der Waals surface area contributed by atoms with Gasteiger partial charge in [-0.1, -0.05) is 13.3 Å². The van der Waals surface area contributed by atoms with Crippen LogP contribution < -0.4 is 4.90 Å². The minimum atomic E-state index is 0.101. The molecule has 1 amide bonds. The van der Waals surface area contributed by atoms with Crippen LogP contribution in [0.15, 0.2) is 24.3 Å². The largest absolute Gasteiger partial charge is 0.378 e. The van der Waals surface area contributed by atoms with Gasteiger partial charge in [0.05, 0.1) is 0 Å². The summed E-state index contributed by atoms with van der Waals surface area (Å²) in [5.74, 6) is 0.101. The van der Waals surface area contributed by atoms with E-state index in [0.717, 1.165) is 30.6 Å². The molecule has 94 valence electrons. The van der Waals surface area contributed by atoms with Crippen molar-refractivity contribution in [3.05, 3.63) is 29.8 Å². The van der Waals surface area contributed by atoms with E-state index in [9.17, 15) is 4.79 Å². The van der Waals surface area contributed by atoms with Crippen molar-refractivity contribution in [2.75, 3.05) is 32.6 Å². The van der Waals surface area contributed by atoms with Crippen LogP contribution in [-0.4, -0.2) is 38.5 Å². The van der Waals surface area contributed by atoms with E-state index in [4.69, 9.17) is 0 Å². The molecular weight excluding hydrogens is 212 g/mol. The number of benzene rings is 1. The first-order valence-electron chi connectivity index (χ1n) is 6.09. The first-order chi connectivity index (χ1) is 8.06. The van der Waals surface area contributed by atoms with Gasteiger partial charge < -0.3 is 9.80 Å². The summed E-state index contributed by atoms with van der Waals surface area (Å²) in [6.45, 7) is 2.95. The van der Waals surface area contributed by atoms with Gasteiger partial charge >= 0.3 is 0 Å². The number of carbonyl (C=O) groups excluding carboxylic acids is 1. The highest BCUT2D eigenvalue weighted by Crippen LogP contribution is 2.13. The molecule has 0 saturated carbocycles. The topological polar surface area (TPSA) is 23.6 Å². The summed E-state index contributed by atoms with van der Waals surface area (Å²) in [5.41, 5.74) is 1.87. The van der Waals surface area contributed by atoms with Crippen LogP contribution in [0.5, 0.6) is 0 Å². The van der Waals surface area contributed by atoms with Crippen LogP contribution in [0.25, 0.3) is 0 Å². The summed E-state index contributed by atoms with van der Waals surface area (Å²) in [6.07, 6.45) is 2.16. The maximum absolute atomic E-state index is 12.0. The van der Waals surface area contributed by atoms with Crippen LogP contribution in [0.2, 0.25) is 0 Å². The van der Waals surface area contributed by atoms with Crippen molar-refractivity contribution in [3.8, 4) is 0 Å². The molecule has 0 heterocycles. The Balaban J connectivity index is 2.69. The molecule has 0 bridgehead atoms. The van der Waals surface area contributed by atoms with E-state index in [2.05, 4.69) is 6.92 Å². The van der Waals surface area contributed by atoms with E-state index in [1.807, 2.05) is 50.3 Å². The van der Waals surface area contributed by atoms with Gasteiger partial charge in [-0.15, -0.1) is 0 Å². The Labute approximate surface area is 104 Å². The van der Waals surface area contributed by atoms with E-state index in [1.54, 1.807) is 4.90 Å². The molecule has 0 aliphatic rings. The van der Waals surface area contributed by atoms with E-state index < -0.39 is 0 Å². The Morgan fingerprint density at radius 2 is 1.71 bits per heavy atom. The Morgan fingerprint density at radius 1 is 1.12 bits per heavy atom. The lowest BCUT2D eigenvalue weighted by Gasteiger charge is -2.17. The first-order valence-corrected chi connectivity index (χ1v) is 6.09. The highest BCUT2D eigenvalue weighted by Gasteiger charge is 2.10. The van der Waals surface area contributed by atoms with Gasteiger partial charge in [-0.2, -0.15) is 0 Å². The molecule has 3 nitrogen and oxygen atoms in total. The van der Waals surface area contributed by atoms with Gasteiger partial charge in [-0.05, 0) is 30.7 Å². The molecule has 1 aromatic rings. The van der Waals surface area contributed by atoms with Crippen molar-refractivity contribution in [2.45, 2.75) is 19.8 Å². The molecule has 0 N–H and O–H groups in total. The molecule has 0 atom stereocenters. The molecule has 0 radical (unpaired) electrons. The number of rotatable bonds is 5. The SMILES string of the molecule is CCCCN(C)C(=O)c1ccc(N(C)C)cc1. The van der Waals surface area contributed by atoms with E-state index in [0.29, 0.717) is 0 Å². The minimum absolute atomic E-state index is 0.101. The zero-order valence-corrected chi connectivity index (χ0v) is 11.2. The monoisotopic (exact) mass is 234 g/mol. The summed E-state index contributed by atoms with van der Waals surface area (Å²) in [5, 5.41) is 0. The smallest absolute Gasteiger partial charge is 0.253 e. The van der Waals surface area contributed by atoms with Crippen LogP contribution in [0, 0.1) is 0 Å². The van der Waals surface area contributed by atoms with Gasteiger partial charge in [-0.25, -0.2) is 0 Å². The summed E-state index contributed by atoms with van der Waals surface area (Å²) in [6, 6.07) is 7.72. The van der Waals surface area contributed by atoms with Crippen LogP contribution in [0.4, 0.5) is 5.69 Å². The third kappa shape index (κ3) is 3.77. The Bertz CT molecular complexity index is 357. The van der Waals surface area contributed by atoms with Crippen LogP contribution in [0.3, 0.4) is 0 Å². The predicted molar refractivity (Wildman–Crippen MR) is 72.6 cm³/mol. The molecule has 0 fully saturated rings. The van der Waals surface area contributed by atoms with Crippen molar-refractivity contribution in [2.24, 2.45) is 0 Å². The second-order valence-electron chi connectivity index (χ2n) is 4.52. The fraction of sp³-hybridized carbons (Fsp3) is 0.500. The number of nitrogens with zero attached hydrogens (tertiary/aromatic N) is 2. The van der Waals surface area contributed by atoms with Gasteiger partial charge in [0.1, 0.15) is 0 Å². The quantitative estimate of drug-likeness (QED) is 0.782. The minimum Gasteiger partial charge on any atom is -0.378 e. The normalized spacial score (nSPS) is 10.1. The van der Waals surface area contributed by atoms with Crippen molar-refractivity contribution in [1.82, 2.24) is 4.90 Å². The Morgan fingerprint density at radius 3 is 2.18 bits per heavy atom. The molecular formula is C14H22N2O. The molecule has 0 unspecified atom stereocenters. The molecule has 0 spiro atoms. The molecule has 3 heteroatoms. The second-order valence-corrected chi connectivity index (χ2v) is 4.52. The maximum Gasteiger partial charge on any atom is 0.253 e. The average molecular weight is 234 g/mol. The van der Waals surface area contributed by atoms with Crippen LogP contribution >= 0.6 is 0 Å². The summed E-state index contributed by atoms with van der Waals surface area (Å²) >= 11 is 0. The first kappa shape index (κ1) is 13.6. The van der Waals surface area contributed by atoms with Gasteiger partial charge in [0, 0.05) is 38.9 Å². The number of anilines is 1. The predicted octanol–water partition coefficient (Wildman–Crippen LogP) is 2.62. The molecule has 0 saturated heterocycles. The summed E-state index contributed by atoms with van der Waals surface area (Å²) in [4.78, 5) is 15.9. The second kappa shape index (κ2) is 6.28. The third-order valence-corrected chi connectivity index (χ3v) is 2.82. The summed E-state index contributed by atoms with van der Waals surface area (Å²) < 4.78 is 0. The highest BCUT2D eigenvalue weighted by atomic mass is 16.2. The highest BCUT2D eigenvalue weighted by molar-refractivity contribution is 5.94. The van der Waals surface area contributed by atoms with Crippen LogP contribution in [-0.2, 0) is 0 Å². The number of amides is 1. The molecule has 0 aliphatic heterocycles. The van der Waals surface area contributed by atoms with E-state index in [1.165, 1.54) is 0 Å². The van der Waals surface area contributed by atoms with E-state index in [-0.39, 0.29) is 5.91 Å². The molecule has 17 heavy (non-hydrogen) atoms. The van der Waals surface area contributed by atoms with Gasteiger partial charge in [0.15, 0.2) is 0 Å². The number of hydrogen-bond acceptors (Lipinski definition) is 2. The lowest BCUT2D eigenvalue weighted by atomic mass is 10.1. The number of carbonyl (C=O) groups is 1. The maximum atomic E-state index is 12.0. The van der Waals surface area contributed by atoms with Crippen molar-refractivity contribution in [3.63, 3.8) is 0 Å². The van der Waals surface area contributed by atoms with Crippen molar-refractivity contribution in [1.29, 1.82) is 0 Å². The lowest BCUT2D eigenvalue weighted by molar-refractivity contribution is 0.0793. The molecule has 1 rings (SSSR count). The number of unbranched alkanes of at least 4 members (excludes halogenated alkanes) is 1. The Hall–Kier alpha value is -1.51. The van der Waals surface area contributed by atoms with Crippen LogP contribution in [0.1, 0.15) is 30.1 Å². The molecule has 0 aromatic heterocycles. The lowest BCUT2D eigenvalue weighted by Crippen LogP contribution is -2.27. The molecule has 0 aliphatic carbocycles. The van der Waals surface area contributed by atoms with Gasteiger partial charge in [0.25, 0.3) is 5.91 Å². The summed E-state index contributed by atoms with van der Waals surface area (Å²) in [7, 11) is 5.84. The standard InChI is InChI=1S/C14H22N2O/c1-5-6-11-16(4)14(17)12-7-9-13(10-8-12)15(2)3/h7-10H,5-6,11H2,1-4H3. The average Bonchev–Trinajstić information content (AvgIpc) is 2.35. The number of hydrogen-bond donors (Lipinski definition) is 0. The molecule has 1 aromatic carbocycles. The zero-order chi connectivity index (χ0) is 12.8. The fourth-order valence-corrected chi connectivity index (χ4v) is 1.62. The van der Waals surface area contributed by atoms with E-state index >= 15 is 0 Å². The van der Waals surface area contributed by atoms with Gasteiger partial charge in [0.2, 0.25) is 0 Å². The van der Waals surface area contributed by atoms with Crippen molar-refractivity contribution >= 4 is 11.6 Å².